The van der Waals surface area contributed by atoms with Crippen molar-refractivity contribution in [3.05, 3.63) is 158 Å². The van der Waals surface area contributed by atoms with Crippen LogP contribution in [0.4, 0.5) is 0 Å². The van der Waals surface area contributed by atoms with Gasteiger partial charge in [0, 0.05) is 58.6 Å². The molecule has 0 aliphatic carbocycles. The predicted molar refractivity (Wildman–Crippen MR) is 224 cm³/mol. The molecule has 7 aromatic carbocycles. The van der Waals surface area contributed by atoms with Crippen molar-refractivity contribution >= 4 is 75.9 Å². The average Bonchev–Trinajstić information content (AvgIpc) is 3.89. The lowest BCUT2D eigenvalue weighted by atomic mass is 9.98. The standard InChI is InChI=1S/C46H26N6S2/c1-3-10-28(11-4-1)41-36-24-25-37-42(52-54-51-37)40(36)35-23-22-31(26-38(35)47-41)46-49-44(29-12-5-2-6-13-29)48-45(50-46)30-20-18-27(19-21-30)32-15-9-16-34-33-14-7-8-17-39(33)53-43(32)34/h1-26H. The van der Waals surface area contributed by atoms with E-state index in [1.54, 1.807) is 0 Å². The van der Waals surface area contributed by atoms with Gasteiger partial charge in [-0.1, -0.05) is 133 Å². The third-order valence-corrected chi connectivity index (χ3v) is 11.8. The minimum atomic E-state index is 0.580. The molecule has 0 radical (unpaired) electrons. The summed E-state index contributed by atoms with van der Waals surface area (Å²) in [6, 6.07) is 54.6. The van der Waals surface area contributed by atoms with E-state index in [0.29, 0.717) is 17.5 Å². The van der Waals surface area contributed by atoms with Crippen LogP contribution >= 0.6 is 23.1 Å². The fraction of sp³-hybridized carbons (Fsp3) is 0. The first-order valence-corrected chi connectivity index (χ1v) is 19.2. The van der Waals surface area contributed by atoms with E-state index >= 15 is 0 Å². The second kappa shape index (κ2) is 12.4. The lowest BCUT2D eigenvalue weighted by Crippen LogP contribution is -2.00. The fourth-order valence-electron chi connectivity index (χ4n) is 7.42. The maximum absolute atomic E-state index is 5.27. The third-order valence-electron chi connectivity index (χ3n) is 10.0. The highest BCUT2D eigenvalue weighted by atomic mass is 32.1. The highest BCUT2D eigenvalue weighted by molar-refractivity contribution is 7.26. The first-order chi connectivity index (χ1) is 26.7. The van der Waals surface area contributed by atoms with E-state index in [1.807, 2.05) is 65.9 Å². The minimum Gasteiger partial charge on any atom is -0.247 e. The predicted octanol–water partition coefficient (Wildman–Crippen LogP) is 12.3. The van der Waals surface area contributed by atoms with Gasteiger partial charge in [0.25, 0.3) is 0 Å². The molecule has 0 bridgehead atoms. The molecule has 11 rings (SSSR count). The number of rotatable bonds is 5. The number of hydrogen-bond acceptors (Lipinski definition) is 8. The number of nitrogens with zero attached hydrogens (tertiary/aromatic N) is 6. The summed E-state index contributed by atoms with van der Waals surface area (Å²) in [5, 5.41) is 5.68. The Kier molecular flexibility index (Phi) is 7.11. The van der Waals surface area contributed by atoms with E-state index in [4.69, 9.17) is 24.3 Å². The average molecular weight is 727 g/mol. The molecule has 0 aliphatic heterocycles. The van der Waals surface area contributed by atoms with Crippen LogP contribution in [0.15, 0.2) is 158 Å². The van der Waals surface area contributed by atoms with Crippen molar-refractivity contribution in [2.24, 2.45) is 0 Å². The summed E-state index contributed by atoms with van der Waals surface area (Å²) in [6.45, 7) is 0. The van der Waals surface area contributed by atoms with Crippen molar-refractivity contribution in [3.8, 4) is 56.5 Å². The third kappa shape index (κ3) is 5.07. The largest absolute Gasteiger partial charge is 0.247 e. The Morgan fingerprint density at radius 3 is 1.81 bits per heavy atom. The van der Waals surface area contributed by atoms with Crippen LogP contribution in [0.1, 0.15) is 0 Å². The van der Waals surface area contributed by atoms with Gasteiger partial charge in [0.2, 0.25) is 0 Å². The normalized spacial score (nSPS) is 11.7. The molecular formula is C46H26N6S2. The molecule has 54 heavy (non-hydrogen) atoms. The summed E-state index contributed by atoms with van der Waals surface area (Å²) in [6.07, 6.45) is 0. The number of hydrogen-bond donors (Lipinski definition) is 0. The van der Waals surface area contributed by atoms with Crippen LogP contribution in [0.25, 0.3) is 109 Å². The SMILES string of the molecule is c1ccc(-c2nc(-c3ccc(-c4cccc5c4sc4ccccc45)cc3)nc(-c3ccc4c(c3)nc(-c3ccccc3)c3ccc5nsnc5c34)n2)cc1. The summed E-state index contributed by atoms with van der Waals surface area (Å²) in [5.74, 6) is 1.80. The van der Waals surface area contributed by atoms with Crippen LogP contribution in [0, 0.1) is 0 Å². The summed E-state index contributed by atoms with van der Waals surface area (Å²) >= 11 is 3.07. The van der Waals surface area contributed by atoms with Gasteiger partial charge in [0.1, 0.15) is 11.0 Å². The molecule has 252 valence electrons. The smallest absolute Gasteiger partial charge is 0.164 e. The maximum Gasteiger partial charge on any atom is 0.164 e. The van der Waals surface area contributed by atoms with E-state index in [1.165, 1.54) is 37.5 Å². The van der Waals surface area contributed by atoms with Gasteiger partial charge in [-0.3, -0.25) is 0 Å². The molecule has 0 N–H and O–H groups in total. The summed E-state index contributed by atoms with van der Waals surface area (Å²) in [4.78, 5) is 20.4. The van der Waals surface area contributed by atoms with Gasteiger partial charge < -0.3 is 0 Å². The lowest BCUT2D eigenvalue weighted by Gasteiger charge is -2.12. The lowest BCUT2D eigenvalue weighted by molar-refractivity contribution is 1.07. The molecular weight excluding hydrogens is 701 g/mol. The monoisotopic (exact) mass is 726 g/mol. The molecule has 4 aromatic heterocycles. The molecule has 0 atom stereocenters. The fourth-order valence-corrected chi connectivity index (χ4v) is 9.20. The van der Waals surface area contributed by atoms with Gasteiger partial charge in [-0.25, -0.2) is 19.9 Å². The first kappa shape index (κ1) is 30.8. The zero-order chi connectivity index (χ0) is 35.6. The topological polar surface area (TPSA) is 77.3 Å². The maximum atomic E-state index is 5.27. The van der Waals surface area contributed by atoms with E-state index in [-0.39, 0.29) is 0 Å². The second-order valence-corrected chi connectivity index (χ2v) is 14.8. The van der Waals surface area contributed by atoms with Gasteiger partial charge in [-0.05, 0) is 35.4 Å². The van der Waals surface area contributed by atoms with Crippen molar-refractivity contribution in [2.45, 2.75) is 0 Å². The van der Waals surface area contributed by atoms with Crippen molar-refractivity contribution in [1.82, 2.24) is 28.7 Å². The number of aromatic nitrogens is 6. The van der Waals surface area contributed by atoms with E-state index in [2.05, 4.69) is 108 Å². The Hall–Kier alpha value is -6.74. The number of thiophene rings is 1. The Balaban J connectivity index is 1.07. The quantitative estimate of drug-likeness (QED) is 0.164. The molecule has 0 amide bonds. The molecule has 8 heteroatoms. The van der Waals surface area contributed by atoms with E-state index in [0.717, 1.165) is 66.2 Å². The molecule has 0 spiro atoms. The number of pyridine rings is 1. The van der Waals surface area contributed by atoms with Crippen molar-refractivity contribution < 1.29 is 0 Å². The van der Waals surface area contributed by atoms with Crippen LogP contribution in [-0.2, 0) is 0 Å². The zero-order valence-electron chi connectivity index (χ0n) is 28.5. The van der Waals surface area contributed by atoms with Crippen molar-refractivity contribution in [3.63, 3.8) is 0 Å². The molecule has 0 saturated carbocycles. The van der Waals surface area contributed by atoms with Crippen molar-refractivity contribution in [1.29, 1.82) is 0 Å². The van der Waals surface area contributed by atoms with Crippen LogP contribution in [0.2, 0.25) is 0 Å². The molecule has 6 nitrogen and oxygen atoms in total. The molecule has 0 fully saturated rings. The van der Waals surface area contributed by atoms with E-state index < -0.39 is 0 Å². The Labute approximate surface area is 317 Å². The van der Waals surface area contributed by atoms with Gasteiger partial charge >= 0.3 is 0 Å². The van der Waals surface area contributed by atoms with Crippen LogP contribution in [0.5, 0.6) is 0 Å². The molecule has 0 unspecified atom stereocenters. The summed E-state index contributed by atoms with van der Waals surface area (Å²) in [5.41, 5.74) is 9.60. The van der Waals surface area contributed by atoms with Gasteiger partial charge in [0.05, 0.1) is 22.9 Å². The van der Waals surface area contributed by atoms with Crippen LogP contribution in [-0.4, -0.2) is 28.7 Å². The Morgan fingerprint density at radius 1 is 0.389 bits per heavy atom. The second-order valence-electron chi connectivity index (χ2n) is 13.2. The first-order valence-electron chi connectivity index (χ1n) is 17.6. The number of fused-ring (bicyclic) bond motifs is 8. The van der Waals surface area contributed by atoms with Crippen LogP contribution in [0.3, 0.4) is 0 Å². The molecule has 11 aromatic rings. The molecule has 0 aliphatic rings. The van der Waals surface area contributed by atoms with Gasteiger partial charge in [-0.15, -0.1) is 11.3 Å². The molecule has 4 heterocycles. The Morgan fingerprint density at radius 2 is 1.02 bits per heavy atom. The van der Waals surface area contributed by atoms with Crippen molar-refractivity contribution in [2.75, 3.05) is 0 Å². The van der Waals surface area contributed by atoms with Gasteiger partial charge in [0.15, 0.2) is 17.5 Å². The molecule has 0 saturated heterocycles. The summed E-state index contributed by atoms with van der Waals surface area (Å²) < 4.78 is 11.9. The highest BCUT2D eigenvalue weighted by Crippen LogP contribution is 2.41. The van der Waals surface area contributed by atoms with E-state index in [9.17, 15) is 0 Å². The Bertz CT molecular complexity index is 3210. The van der Waals surface area contributed by atoms with Crippen LogP contribution < -0.4 is 0 Å². The van der Waals surface area contributed by atoms with Gasteiger partial charge in [-0.2, -0.15) is 8.75 Å². The summed E-state index contributed by atoms with van der Waals surface area (Å²) in [7, 11) is 0. The minimum absolute atomic E-state index is 0.580. The zero-order valence-corrected chi connectivity index (χ0v) is 30.1. The number of benzene rings is 7. The highest BCUT2D eigenvalue weighted by Gasteiger charge is 2.18.